The van der Waals surface area contributed by atoms with Crippen molar-refractivity contribution in [1.29, 1.82) is 0 Å². The van der Waals surface area contributed by atoms with E-state index in [1.807, 2.05) is 0 Å². The number of hydrogen-bond acceptors (Lipinski definition) is 2. The molecule has 0 aromatic rings. The number of rotatable bonds is 5. The van der Waals surface area contributed by atoms with E-state index < -0.39 is 30.8 Å². The summed E-state index contributed by atoms with van der Waals surface area (Å²) in [6.07, 6.45) is -11.6. The van der Waals surface area contributed by atoms with E-state index in [2.05, 4.69) is 11.3 Å². The summed E-state index contributed by atoms with van der Waals surface area (Å²) >= 11 is 0. The van der Waals surface area contributed by atoms with Crippen LogP contribution in [0.5, 0.6) is 0 Å². The molecule has 0 aliphatic heterocycles. The van der Waals surface area contributed by atoms with Gasteiger partial charge >= 0.3 is 18.2 Å². The highest BCUT2D eigenvalue weighted by Crippen LogP contribution is 2.32. The summed E-state index contributed by atoms with van der Waals surface area (Å²) in [5.74, 6) is -6.71. The highest BCUT2D eigenvalue weighted by molar-refractivity contribution is 5.81. The molecule has 0 spiro atoms. The second-order valence-electron chi connectivity index (χ2n) is 2.37. The lowest BCUT2D eigenvalue weighted by molar-refractivity contribution is -0.236. The van der Waals surface area contributed by atoms with Crippen LogP contribution in [-0.4, -0.2) is 30.8 Å². The molecule has 0 rings (SSSR count). The molecule has 0 aliphatic rings. The van der Waals surface area contributed by atoms with Gasteiger partial charge < -0.3 is 4.74 Å². The van der Waals surface area contributed by atoms with Crippen LogP contribution >= 0.6 is 0 Å². The van der Waals surface area contributed by atoms with Crippen LogP contribution in [0.25, 0.3) is 0 Å². The molecule has 0 aliphatic carbocycles. The fourth-order valence-corrected chi connectivity index (χ4v) is 0.522. The van der Waals surface area contributed by atoms with Crippen molar-refractivity contribution in [2.75, 3.05) is 0 Å². The topological polar surface area (TPSA) is 26.3 Å². The Labute approximate surface area is 80.5 Å². The van der Waals surface area contributed by atoms with E-state index in [0.29, 0.717) is 6.08 Å². The van der Waals surface area contributed by atoms with Crippen molar-refractivity contribution in [3.8, 4) is 0 Å². The van der Waals surface area contributed by atoms with Gasteiger partial charge in [0, 0.05) is 6.08 Å². The van der Waals surface area contributed by atoms with Crippen molar-refractivity contribution in [2.24, 2.45) is 0 Å². The van der Waals surface area contributed by atoms with Gasteiger partial charge in [-0.1, -0.05) is 6.58 Å². The van der Waals surface area contributed by atoms with Crippen molar-refractivity contribution in [1.82, 2.24) is 0 Å². The second-order valence-corrected chi connectivity index (χ2v) is 2.37. The minimum Gasteiger partial charge on any atom is -0.421 e. The first-order chi connectivity index (χ1) is 6.73. The molecule has 0 radical (unpaired) electrons. The monoisotopic (exact) mass is 236 g/mol. The van der Waals surface area contributed by atoms with Gasteiger partial charge in [-0.3, -0.25) is 0 Å². The molecule has 0 saturated carbocycles. The first-order valence-electron chi connectivity index (χ1n) is 3.50. The Bertz CT molecular complexity index is 242. The van der Waals surface area contributed by atoms with Crippen LogP contribution in [0.15, 0.2) is 12.7 Å². The Morgan fingerprint density at radius 3 is 2.07 bits per heavy atom. The van der Waals surface area contributed by atoms with Crippen LogP contribution in [0.2, 0.25) is 0 Å². The molecule has 88 valence electrons. The molecule has 0 aromatic heterocycles. The molecule has 0 amide bonds. The molecular formula is C7H6F6O2. The number of ether oxygens (including phenoxy) is 1. The van der Waals surface area contributed by atoms with E-state index in [1.165, 1.54) is 0 Å². The van der Waals surface area contributed by atoms with Gasteiger partial charge in [-0.2, -0.15) is 13.2 Å². The zero-order chi connectivity index (χ0) is 12.2. The van der Waals surface area contributed by atoms with Crippen LogP contribution in [0.1, 0.15) is 0 Å². The summed E-state index contributed by atoms with van der Waals surface area (Å²) in [6.45, 7) is 2.75. The van der Waals surface area contributed by atoms with E-state index >= 15 is 0 Å². The van der Waals surface area contributed by atoms with Crippen LogP contribution in [0.4, 0.5) is 26.3 Å². The Kier molecular flexibility index (Phi) is 4.63. The van der Waals surface area contributed by atoms with E-state index in [1.54, 1.807) is 0 Å². The molecule has 0 heterocycles. The maximum absolute atomic E-state index is 12.4. The predicted octanol–water partition coefficient (Wildman–Crippen LogP) is 2.25. The number of hydrogen-bond donors (Lipinski definition) is 0. The Balaban J connectivity index is 4.56. The van der Waals surface area contributed by atoms with E-state index in [4.69, 9.17) is 0 Å². The minimum absolute atomic E-state index is 0.332. The number of carbonyl (C=O) groups is 1. The maximum atomic E-state index is 12.4. The lowest BCUT2D eigenvalue weighted by Gasteiger charge is -2.22. The smallest absolute Gasteiger partial charge is 0.349 e. The molecule has 2 unspecified atom stereocenters. The van der Waals surface area contributed by atoms with Gasteiger partial charge in [-0.25, -0.2) is 18.0 Å². The summed E-state index contributed by atoms with van der Waals surface area (Å²) in [5, 5.41) is 0. The lowest BCUT2D eigenvalue weighted by Crippen LogP contribution is -2.45. The lowest BCUT2D eigenvalue weighted by atomic mass is 10.2. The zero-order valence-corrected chi connectivity index (χ0v) is 7.10. The Morgan fingerprint density at radius 2 is 1.73 bits per heavy atom. The van der Waals surface area contributed by atoms with Gasteiger partial charge in [-0.15, -0.1) is 0 Å². The van der Waals surface area contributed by atoms with Crippen molar-refractivity contribution < 1.29 is 35.9 Å². The molecule has 0 bridgehead atoms. The van der Waals surface area contributed by atoms with Gasteiger partial charge in [0.05, 0.1) is 0 Å². The maximum Gasteiger partial charge on any atom is 0.349 e. The van der Waals surface area contributed by atoms with Crippen molar-refractivity contribution >= 4 is 5.97 Å². The molecule has 0 saturated heterocycles. The normalized spacial score (nSPS) is 15.9. The minimum atomic E-state index is -5.10. The van der Waals surface area contributed by atoms with E-state index in [9.17, 15) is 31.1 Å². The van der Waals surface area contributed by atoms with Crippen molar-refractivity contribution in [3.05, 3.63) is 12.7 Å². The fraction of sp³-hybridized carbons (Fsp3) is 0.571. The van der Waals surface area contributed by atoms with Gasteiger partial charge in [0.25, 0.3) is 6.43 Å². The Morgan fingerprint density at radius 1 is 1.27 bits per heavy atom. The summed E-state index contributed by atoms with van der Waals surface area (Å²) in [5.41, 5.74) is 0. The van der Waals surface area contributed by atoms with Gasteiger partial charge in [0.2, 0.25) is 6.17 Å². The molecule has 0 N–H and O–H groups in total. The molecular weight excluding hydrogens is 230 g/mol. The van der Waals surface area contributed by atoms with Gasteiger partial charge in [0.1, 0.15) is 0 Å². The average molecular weight is 236 g/mol. The highest BCUT2D eigenvalue weighted by Gasteiger charge is 2.55. The third-order valence-electron chi connectivity index (χ3n) is 1.28. The fourth-order valence-electron chi connectivity index (χ4n) is 0.522. The molecule has 2 nitrogen and oxygen atoms in total. The summed E-state index contributed by atoms with van der Waals surface area (Å²) in [7, 11) is 0. The van der Waals surface area contributed by atoms with E-state index in [-0.39, 0.29) is 0 Å². The third-order valence-corrected chi connectivity index (χ3v) is 1.28. The van der Waals surface area contributed by atoms with E-state index in [0.717, 1.165) is 0 Å². The predicted molar refractivity (Wildman–Crippen MR) is 37.0 cm³/mol. The van der Waals surface area contributed by atoms with Crippen LogP contribution in [0.3, 0.4) is 0 Å². The zero-order valence-electron chi connectivity index (χ0n) is 7.10. The summed E-state index contributed by atoms with van der Waals surface area (Å²) in [6, 6.07) is 0. The van der Waals surface area contributed by atoms with Crippen LogP contribution < -0.4 is 0 Å². The van der Waals surface area contributed by atoms with Gasteiger partial charge in [0.15, 0.2) is 0 Å². The average Bonchev–Trinajstić information content (AvgIpc) is 2.15. The summed E-state index contributed by atoms with van der Waals surface area (Å²) < 4.78 is 75.7. The quantitative estimate of drug-likeness (QED) is 0.415. The van der Waals surface area contributed by atoms with Gasteiger partial charge in [-0.05, 0) is 0 Å². The number of alkyl halides is 6. The first-order valence-corrected chi connectivity index (χ1v) is 3.50. The Hall–Kier alpha value is -1.21. The van der Waals surface area contributed by atoms with Crippen LogP contribution in [0, 0.1) is 0 Å². The SMILES string of the molecule is C=CC(=O)OC(F)C(F)(F)C(F)C(F)F. The molecule has 2 atom stereocenters. The van der Waals surface area contributed by atoms with Crippen molar-refractivity contribution in [3.63, 3.8) is 0 Å². The first kappa shape index (κ1) is 13.8. The van der Waals surface area contributed by atoms with Crippen LogP contribution in [-0.2, 0) is 9.53 Å². The highest BCUT2D eigenvalue weighted by atomic mass is 19.3. The molecule has 15 heavy (non-hydrogen) atoms. The molecule has 8 heteroatoms. The van der Waals surface area contributed by atoms with Crippen molar-refractivity contribution in [2.45, 2.75) is 24.9 Å². The number of halogens is 6. The third kappa shape index (κ3) is 3.45. The number of carbonyl (C=O) groups excluding carboxylic acids is 1. The molecule has 0 aromatic carbocycles. The summed E-state index contributed by atoms with van der Waals surface area (Å²) in [4.78, 5) is 10.2. The molecule has 0 fully saturated rings. The standard InChI is InChI=1S/C7H6F6O2/c1-2-3(14)15-6(11)7(12,13)4(8)5(9)10/h2,4-6H,1H2. The number of esters is 1. The second kappa shape index (κ2) is 5.04. The largest absolute Gasteiger partial charge is 0.421 e.